The number of rotatable bonds is 4. The van der Waals surface area contributed by atoms with Gasteiger partial charge in [0.1, 0.15) is 5.69 Å². The first-order chi connectivity index (χ1) is 9.02. The van der Waals surface area contributed by atoms with Gasteiger partial charge in [-0.25, -0.2) is 0 Å². The Morgan fingerprint density at radius 3 is 2.74 bits per heavy atom. The average Bonchev–Trinajstić information content (AvgIpc) is 2.37. The Labute approximate surface area is 113 Å². The molecule has 5 nitrogen and oxygen atoms in total. The predicted molar refractivity (Wildman–Crippen MR) is 76.5 cm³/mol. The lowest BCUT2D eigenvalue weighted by Gasteiger charge is -2.34. The molecule has 0 unspecified atom stereocenters. The Bertz CT molecular complexity index is 468. The van der Waals surface area contributed by atoms with Crippen molar-refractivity contribution in [2.75, 3.05) is 25.0 Å². The summed E-state index contributed by atoms with van der Waals surface area (Å²) in [5, 5.41) is 17.7. The van der Waals surface area contributed by atoms with Crippen LogP contribution < -0.4 is 10.6 Å². The first-order valence-electron chi connectivity index (χ1n) is 6.70. The van der Waals surface area contributed by atoms with Crippen molar-refractivity contribution in [2.45, 2.75) is 26.7 Å². The Morgan fingerprint density at radius 1 is 1.42 bits per heavy atom. The van der Waals surface area contributed by atoms with Crippen molar-refractivity contribution >= 4 is 11.4 Å². The number of nitro groups is 1. The number of nitrogens with zero attached hydrogens (tertiary/aromatic N) is 1. The molecular formula is C14H21N3O2. The number of anilines is 1. The van der Waals surface area contributed by atoms with Gasteiger partial charge >= 0.3 is 0 Å². The Hall–Kier alpha value is -1.62. The highest BCUT2D eigenvalue weighted by Crippen LogP contribution is 2.32. The van der Waals surface area contributed by atoms with E-state index in [9.17, 15) is 10.1 Å². The maximum absolute atomic E-state index is 11.1. The van der Waals surface area contributed by atoms with Crippen LogP contribution in [0.25, 0.3) is 0 Å². The summed E-state index contributed by atoms with van der Waals surface area (Å²) in [6, 6.07) is 5.42. The smallest absolute Gasteiger partial charge is 0.295 e. The van der Waals surface area contributed by atoms with Crippen molar-refractivity contribution in [3.63, 3.8) is 0 Å². The fraction of sp³-hybridized carbons (Fsp3) is 0.571. The van der Waals surface area contributed by atoms with Gasteiger partial charge in [-0.15, -0.1) is 0 Å². The number of hydrogen-bond acceptors (Lipinski definition) is 4. The number of para-hydroxylation sites is 1. The van der Waals surface area contributed by atoms with Crippen LogP contribution in [0.15, 0.2) is 18.2 Å². The van der Waals surface area contributed by atoms with Gasteiger partial charge in [0, 0.05) is 12.1 Å². The molecule has 1 saturated heterocycles. The standard InChI is InChI=1S/C14H21N3O2/c1-11-4-3-5-12(13(11)17(18)19)16-10-14(2)6-8-15-9-7-14/h3-5,15-16H,6-10H2,1-2H3. The topological polar surface area (TPSA) is 67.2 Å². The van der Waals surface area contributed by atoms with Crippen LogP contribution in [-0.2, 0) is 0 Å². The second-order valence-corrected chi connectivity index (χ2v) is 5.64. The monoisotopic (exact) mass is 263 g/mol. The first kappa shape index (κ1) is 13.8. The third kappa shape index (κ3) is 3.23. The number of benzene rings is 1. The molecule has 1 aromatic rings. The highest BCUT2D eigenvalue weighted by Gasteiger charge is 2.27. The van der Waals surface area contributed by atoms with Crippen molar-refractivity contribution in [3.8, 4) is 0 Å². The Kier molecular flexibility index (Phi) is 4.04. The zero-order valence-corrected chi connectivity index (χ0v) is 11.5. The molecule has 0 amide bonds. The van der Waals surface area contributed by atoms with Gasteiger partial charge in [-0.3, -0.25) is 10.1 Å². The summed E-state index contributed by atoms with van der Waals surface area (Å²) in [6.07, 6.45) is 2.19. The molecule has 0 radical (unpaired) electrons. The number of aryl methyl sites for hydroxylation is 1. The minimum absolute atomic E-state index is 0.194. The van der Waals surface area contributed by atoms with E-state index in [0.29, 0.717) is 11.3 Å². The summed E-state index contributed by atoms with van der Waals surface area (Å²) in [5.74, 6) is 0. The molecule has 5 heteroatoms. The molecule has 0 atom stereocenters. The minimum Gasteiger partial charge on any atom is -0.379 e. The molecule has 0 saturated carbocycles. The van der Waals surface area contributed by atoms with Gasteiger partial charge in [-0.1, -0.05) is 19.1 Å². The summed E-state index contributed by atoms with van der Waals surface area (Å²) in [4.78, 5) is 10.8. The number of hydrogen-bond donors (Lipinski definition) is 2. The summed E-state index contributed by atoms with van der Waals surface area (Å²) in [7, 11) is 0. The van der Waals surface area contributed by atoms with Crippen LogP contribution in [0.3, 0.4) is 0 Å². The molecule has 1 fully saturated rings. The van der Waals surface area contributed by atoms with Crippen molar-refractivity contribution in [3.05, 3.63) is 33.9 Å². The van der Waals surface area contributed by atoms with Gasteiger partial charge in [0.05, 0.1) is 4.92 Å². The highest BCUT2D eigenvalue weighted by atomic mass is 16.6. The molecule has 1 aliphatic rings. The molecular weight excluding hydrogens is 242 g/mol. The first-order valence-corrected chi connectivity index (χ1v) is 6.70. The quantitative estimate of drug-likeness (QED) is 0.647. The molecule has 1 heterocycles. The van der Waals surface area contributed by atoms with E-state index in [1.165, 1.54) is 0 Å². The van der Waals surface area contributed by atoms with Crippen LogP contribution in [0, 0.1) is 22.5 Å². The van der Waals surface area contributed by atoms with Crippen LogP contribution in [0.5, 0.6) is 0 Å². The minimum atomic E-state index is -0.303. The van der Waals surface area contributed by atoms with E-state index in [-0.39, 0.29) is 16.0 Å². The van der Waals surface area contributed by atoms with Crippen LogP contribution in [0.1, 0.15) is 25.3 Å². The van der Waals surface area contributed by atoms with Crippen LogP contribution >= 0.6 is 0 Å². The van der Waals surface area contributed by atoms with Gasteiger partial charge in [-0.05, 0) is 44.3 Å². The molecule has 0 aliphatic carbocycles. The molecule has 0 aromatic heterocycles. The Morgan fingerprint density at radius 2 is 2.11 bits per heavy atom. The number of piperidine rings is 1. The third-order valence-corrected chi connectivity index (χ3v) is 3.94. The molecule has 0 spiro atoms. The lowest BCUT2D eigenvalue weighted by atomic mass is 9.81. The number of nitro benzene ring substituents is 1. The van der Waals surface area contributed by atoms with E-state index in [4.69, 9.17) is 0 Å². The molecule has 2 N–H and O–H groups in total. The SMILES string of the molecule is Cc1cccc(NCC2(C)CCNCC2)c1[N+](=O)[O-]. The summed E-state index contributed by atoms with van der Waals surface area (Å²) in [6.45, 7) is 6.83. The second-order valence-electron chi connectivity index (χ2n) is 5.64. The normalized spacial score (nSPS) is 18.0. The van der Waals surface area contributed by atoms with Gasteiger partial charge in [0.2, 0.25) is 0 Å². The van der Waals surface area contributed by atoms with E-state index in [1.54, 1.807) is 19.1 Å². The van der Waals surface area contributed by atoms with E-state index in [0.717, 1.165) is 32.5 Å². The molecule has 2 rings (SSSR count). The average molecular weight is 263 g/mol. The lowest BCUT2D eigenvalue weighted by Crippen LogP contribution is -2.39. The molecule has 1 aromatic carbocycles. The van der Waals surface area contributed by atoms with Crippen molar-refractivity contribution in [2.24, 2.45) is 5.41 Å². The van der Waals surface area contributed by atoms with Crippen LogP contribution in [0.4, 0.5) is 11.4 Å². The number of nitrogens with one attached hydrogen (secondary N) is 2. The van der Waals surface area contributed by atoms with Crippen molar-refractivity contribution < 1.29 is 4.92 Å². The van der Waals surface area contributed by atoms with Gasteiger partial charge in [0.25, 0.3) is 5.69 Å². The second kappa shape index (κ2) is 5.57. The van der Waals surface area contributed by atoms with Gasteiger partial charge in [0.15, 0.2) is 0 Å². The Balaban J connectivity index is 2.11. The summed E-state index contributed by atoms with van der Waals surface area (Å²) >= 11 is 0. The maximum Gasteiger partial charge on any atom is 0.295 e. The fourth-order valence-corrected chi connectivity index (χ4v) is 2.56. The zero-order chi connectivity index (χ0) is 13.9. The fourth-order valence-electron chi connectivity index (χ4n) is 2.56. The van der Waals surface area contributed by atoms with Gasteiger partial charge < -0.3 is 10.6 Å². The van der Waals surface area contributed by atoms with E-state index in [1.807, 2.05) is 6.07 Å². The molecule has 1 aliphatic heterocycles. The van der Waals surface area contributed by atoms with E-state index >= 15 is 0 Å². The van der Waals surface area contributed by atoms with Crippen LogP contribution in [0.2, 0.25) is 0 Å². The summed E-state index contributed by atoms with van der Waals surface area (Å²) < 4.78 is 0. The molecule has 0 bridgehead atoms. The van der Waals surface area contributed by atoms with Crippen molar-refractivity contribution in [1.29, 1.82) is 0 Å². The zero-order valence-electron chi connectivity index (χ0n) is 11.5. The van der Waals surface area contributed by atoms with E-state index < -0.39 is 0 Å². The molecule has 104 valence electrons. The van der Waals surface area contributed by atoms with Crippen molar-refractivity contribution in [1.82, 2.24) is 5.32 Å². The third-order valence-electron chi connectivity index (χ3n) is 3.94. The predicted octanol–water partition coefficient (Wildman–Crippen LogP) is 2.70. The van der Waals surface area contributed by atoms with E-state index in [2.05, 4.69) is 17.6 Å². The summed E-state index contributed by atoms with van der Waals surface area (Å²) in [5.41, 5.74) is 1.73. The maximum atomic E-state index is 11.1. The van der Waals surface area contributed by atoms with Crippen LogP contribution in [-0.4, -0.2) is 24.6 Å². The van der Waals surface area contributed by atoms with Gasteiger partial charge in [-0.2, -0.15) is 0 Å². The lowest BCUT2D eigenvalue weighted by molar-refractivity contribution is -0.384. The largest absolute Gasteiger partial charge is 0.379 e. The molecule has 19 heavy (non-hydrogen) atoms. The highest BCUT2D eigenvalue weighted by molar-refractivity contribution is 5.65.